The summed E-state index contributed by atoms with van der Waals surface area (Å²) in [5, 5.41) is 10.6. The van der Waals surface area contributed by atoms with Gasteiger partial charge in [-0.05, 0) is 31.6 Å². The molecule has 0 aliphatic carbocycles. The lowest BCUT2D eigenvalue weighted by Crippen LogP contribution is -2.30. The zero-order valence-electron chi connectivity index (χ0n) is 59.0. The lowest BCUT2D eigenvalue weighted by Gasteiger charge is -2.21. The standard InChI is InChI=1S/C72H140O17P2/c1-6-9-12-15-18-21-24-25-26-27-28-29-30-32-37-43-48-53-58-72(77)89-68(62-83-70(75)56-51-46-41-38-33-34-39-44-49-54-65(4)5)64-87-91(80,81)85-60-66(73)59-84-90(78,79)86-63-67(61-82-69(74)55-50-45-40-35-23-20-17-14-11-8-3)88-71(76)57-52-47-42-36-31-22-19-16-13-10-7-2/h65-68,73H,6-64H2,1-5H3,(H,78,79)(H,80,81)/t66-,67+,68+/m0/s1. The molecule has 19 heteroatoms. The van der Waals surface area contributed by atoms with Gasteiger partial charge in [0, 0.05) is 25.7 Å². The van der Waals surface area contributed by atoms with Crippen molar-refractivity contribution < 1.29 is 80.2 Å². The molecule has 0 rings (SSSR count). The Kier molecular flexibility index (Phi) is 64.0. The van der Waals surface area contributed by atoms with Gasteiger partial charge in [0.1, 0.15) is 19.3 Å². The van der Waals surface area contributed by atoms with E-state index in [-0.39, 0.29) is 25.7 Å². The van der Waals surface area contributed by atoms with E-state index in [0.717, 1.165) is 95.8 Å². The van der Waals surface area contributed by atoms with Gasteiger partial charge in [-0.2, -0.15) is 0 Å². The Morgan fingerprint density at radius 2 is 0.505 bits per heavy atom. The van der Waals surface area contributed by atoms with Crippen LogP contribution in [0.5, 0.6) is 0 Å². The quantitative estimate of drug-likeness (QED) is 0.0222. The molecule has 2 unspecified atom stereocenters. The summed E-state index contributed by atoms with van der Waals surface area (Å²) >= 11 is 0. The maximum atomic E-state index is 13.0. The Morgan fingerprint density at radius 1 is 0.297 bits per heavy atom. The number of rotatable bonds is 72. The molecule has 0 aliphatic heterocycles. The number of phosphoric acid groups is 2. The van der Waals surface area contributed by atoms with E-state index >= 15 is 0 Å². The molecular formula is C72H140O17P2. The Hall–Kier alpha value is -1.94. The number of phosphoric ester groups is 2. The molecule has 17 nitrogen and oxygen atoms in total. The van der Waals surface area contributed by atoms with E-state index < -0.39 is 97.5 Å². The van der Waals surface area contributed by atoms with Crippen LogP contribution in [0.4, 0.5) is 0 Å². The highest BCUT2D eigenvalue weighted by Crippen LogP contribution is 2.45. The Morgan fingerprint density at radius 3 is 0.747 bits per heavy atom. The second-order valence-electron chi connectivity index (χ2n) is 26.5. The zero-order chi connectivity index (χ0) is 67.0. The first-order valence-corrected chi connectivity index (χ1v) is 40.6. The van der Waals surface area contributed by atoms with Gasteiger partial charge in [-0.25, -0.2) is 9.13 Å². The molecule has 0 fully saturated rings. The molecule has 0 radical (unpaired) electrons. The van der Waals surface area contributed by atoms with E-state index in [1.807, 2.05) is 0 Å². The second kappa shape index (κ2) is 65.4. The van der Waals surface area contributed by atoms with Crippen molar-refractivity contribution in [1.82, 2.24) is 0 Å². The second-order valence-corrected chi connectivity index (χ2v) is 29.4. The maximum Gasteiger partial charge on any atom is 0.472 e. The summed E-state index contributed by atoms with van der Waals surface area (Å²) in [4.78, 5) is 72.6. The topological polar surface area (TPSA) is 237 Å². The first-order valence-electron chi connectivity index (χ1n) is 37.6. The van der Waals surface area contributed by atoms with Crippen LogP contribution in [0.15, 0.2) is 0 Å². The van der Waals surface area contributed by atoms with Crippen molar-refractivity contribution in [2.75, 3.05) is 39.6 Å². The number of carbonyl (C=O) groups excluding carboxylic acids is 4. The maximum absolute atomic E-state index is 13.0. The minimum atomic E-state index is -4.95. The van der Waals surface area contributed by atoms with Gasteiger partial charge in [0.25, 0.3) is 0 Å². The van der Waals surface area contributed by atoms with Crippen LogP contribution in [-0.4, -0.2) is 96.7 Å². The van der Waals surface area contributed by atoms with E-state index in [2.05, 4.69) is 34.6 Å². The fraction of sp³-hybridized carbons (Fsp3) is 0.944. The minimum Gasteiger partial charge on any atom is -0.462 e. The van der Waals surface area contributed by atoms with Crippen molar-refractivity contribution in [3.63, 3.8) is 0 Å². The molecule has 0 saturated carbocycles. The zero-order valence-corrected chi connectivity index (χ0v) is 60.8. The molecule has 5 atom stereocenters. The lowest BCUT2D eigenvalue weighted by atomic mass is 10.0. The van der Waals surface area contributed by atoms with Crippen molar-refractivity contribution in [3.05, 3.63) is 0 Å². The monoisotopic (exact) mass is 1340 g/mol. The normalized spacial score (nSPS) is 14.0. The summed E-state index contributed by atoms with van der Waals surface area (Å²) in [7, 11) is -9.90. The van der Waals surface area contributed by atoms with Gasteiger partial charge >= 0.3 is 39.5 Å². The van der Waals surface area contributed by atoms with E-state index in [4.69, 9.17) is 37.0 Å². The highest BCUT2D eigenvalue weighted by atomic mass is 31.2. The third-order valence-electron chi connectivity index (χ3n) is 16.8. The number of ether oxygens (including phenoxy) is 4. The number of carbonyl (C=O) groups is 4. The smallest absolute Gasteiger partial charge is 0.462 e. The summed E-state index contributed by atoms with van der Waals surface area (Å²) in [6.07, 6.45) is 52.7. The first-order chi connectivity index (χ1) is 44.0. The van der Waals surface area contributed by atoms with E-state index in [9.17, 15) is 43.2 Å². The van der Waals surface area contributed by atoms with Crippen molar-refractivity contribution in [1.29, 1.82) is 0 Å². The van der Waals surface area contributed by atoms with Crippen LogP contribution in [-0.2, 0) is 65.4 Å². The van der Waals surface area contributed by atoms with Crippen molar-refractivity contribution in [2.24, 2.45) is 5.92 Å². The molecule has 540 valence electrons. The Labute approximate surface area is 556 Å². The highest BCUT2D eigenvalue weighted by Gasteiger charge is 2.30. The molecule has 0 amide bonds. The van der Waals surface area contributed by atoms with Gasteiger partial charge in [0.05, 0.1) is 26.4 Å². The fourth-order valence-corrected chi connectivity index (χ4v) is 12.6. The summed E-state index contributed by atoms with van der Waals surface area (Å²) in [6, 6.07) is 0. The molecule has 0 aliphatic rings. The van der Waals surface area contributed by atoms with Gasteiger partial charge < -0.3 is 33.8 Å². The van der Waals surface area contributed by atoms with Crippen molar-refractivity contribution >= 4 is 39.5 Å². The third kappa shape index (κ3) is 66.5. The van der Waals surface area contributed by atoms with Gasteiger partial charge in [0.15, 0.2) is 12.2 Å². The molecule has 0 spiro atoms. The van der Waals surface area contributed by atoms with Crippen LogP contribution in [0.3, 0.4) is 0 Å². The van der Waals surface area contributed by atoms with Crippen LogP contribution in [0, 0.1) is 5.92 Å². The lowest BCUT2D eigenvalue weighted by molar-refractivity contribution is -0.161. The van der Waals surface area contributed by atoms with Crippen LogP contribution in [0.1, 0.15) is 375 Å². The highest BCUT2D eigenvalue weighted by molar-refractivity contribution is 7.47. The van der Waals surface area contributed by atoms with Gasteiger partial charge in [-0.15, -0.1) is 0 Å². The van der Waals surface area contributed by atoms with Crippen LogP contribution in [0.25, 0.3) is 0 Å². The number of hydrogen-bond acceptors (Lipinski definition) is 15. The van der Waals surface area contributed by atoms with E-state index in [0.29, 0.717) is 25.7 Å². The number of unbranched alkanes of at least 4 members (excludes halogenated alkanes) is 44. The van der Waals surface area contributed by atoms with Crippen LogP contribution in [0.2, 0.25) is 0 Å². The average molecular weight is 1340 g/mol. The molecule has 3 N–H and O–H groups in total. The first kappa shape index (κ1) is 89.1. The largest absolute Gasteiger partial charge is 0.472 e. The Bertz CT molecular complexity index is 1750. The number of aliphatic hydroxyl groups is 1. The van der Waals surface area contributed by atoms with Crippen LogP contribution >= 0.6 is 15.6 Å². The third-order valence-corrected chi connectivity index (χ3v) is 18.7. The number of esters is 4. The predicted molar refractivity (Wildman–Crippen MR) is 368 cm³/mol. The number of hydrogen-bond donors (Lipinski definition) is 3. The minimum absolute atomic E-state index is 0.107. The summed E-state index contributed by atoms with van der Waals surface area (Å²) in [6.45, 7) is 7.23. The van der Waals surface area contributed by atoms with E-state index in [1.54, 1.807) is 0 Å². The fourth-order valence-electron chi connectivity index (χ4n) is 11.0. The van der Waals surface area contributed by atoms with Gasteiger partial charge in [0.2, 0.25) is 0 Å². The molecule has 0 heterocycles. The predicted octanol–water partition coefficient (Wildman–Crippen LogP) is 20.9. The van der Waals surface area contributed by atoms with Crippen molar-refractivity contribution in [2.45, 2.75) is 393 Å². The molecule has 0 aromatic heterocycles. The number of aliphatic hydroxyl groups excluding tert-OH is 1. The van der Waals surface area contributed by atoms with Crippen molar-refractivity contribution in [3.8, 4) is 0 Å². The van der Waals surface area contributed by atoms with Crippen LogP contribution < -0.4 is 0 Å². The molecule has 0 aromatic rings. The van der Waals surface area contributed by atoms with Gasteiger partial charge in [-0.3, -0.25) is 37.3 Å². The molecular weight excluding hydrogens is 1200 g/mol. The molecule has 0 bridgehead atoms. The summed E-state index contributed by atoms with van der Waals surface area (Å²) in [5.41, 5.74) is 0. The SMILES string of the molecule is CCCCCCCCCCCCCCCCCCCCC(=O)O[C@H](COC(=O)CCCCCCCCCCCC(C)C)COP(=O)(O)OC[C@@H](O)COP(=O)(O)OC[C@@H](COC(=O)CCCCCCCCCCCC)OC(=O)CCCCCCCCCCCCC. The Balaban J connectivity index is 5.22. The average Bonchev–Trinajstić information content (AvgIpc) is 2.17. The molecule has 91 heavy (non-hydrogen) atoms. The van der Waals surface area contributed by atoms with E-state index in [1.165, 1.54) is 199 Å². The molecule has 0 aromatic carbocycles. The molecule has 0 saturated heterocycles. The van der Waals surface area contributed by atoms with Gasteiger partial charge in [-0.1, -0.05) is 324 Å². The summed E-state index contributed by atoms with van der Waals surface area (Å²) < 4.78 is 68.3. The summed E-state index contributed by atoms with van der Waals surface area (Å²) in [5.74, 6) is -1.38.